The first kappa shape index (κ1) is 13.5. The van der Waals surface area contributed by atoms with E-state index in [0.29, 0.717) is 5.41 Å². The van der Waals surface area contributed by atoms with Crippen LogP contribution in [0.1, 0.15) is 53.4 Å². The molecule has 0 aromatic rings. The van der Waals surface area contributed by atoms with Crippen molar-refractivity contribution in [2.24, 2.45) is 11.3 Å². The summed E-state index contributed by atoms with van der Waals surface area (Å²) in [6.45, 7) is 13.0. The third kappa shape index (κ3) is 4.13. The van der Waals surface area contributed by atoms with Gasteiger partial charge in [-0.2, -0.15) is 0 Å². The zero-order valence-corrected chi connectivity index (χ0v) is 10.3. The lowest BCUT2D eigenvalue weighted by molar-refractivity contribution is 0.246. The molecule has 0 bridgehead atoms. The molecule has 82 valence electrons. The summed E-state index contributed by atoms with van der Waals surface area (Å²) in [5.74, 6) is 0.767. The van der Waals surface area contributed by atoms with Crippen molar-refractivity contribution < 1.29 is 0 Å². The molecule has 0 aromatic carbocycles. The number of rotatable bonds is 7. The van der Waals surface area contributed by atoms with E-state index in [9.17, 15) is 0 Å². The van der Waals surface area contributed by atoms with E-state index in [1.165, 1.54) is 25.7 Å². The van der Waals surface area contributed by atoms with Crippen molar-refractivity contribution in [2.45, 2.75) is 53.4 Å². The summed E-state index contributed by atoms with van der Waals surface area (Å²) in [5.41, 5.74) is 0.351. The molecule has 0 heteroatoms. The molecule has 0 aliphatic rings. The standard InChI is InChI=1S/C14H26/c1-6-9-11-13(4)14(5,8-3)12-10-7-2/h7,10,12-13H,2,6,8-9,11H2,1,3-5H3. The van der Waals surface area contributed by atoms with E-state index in [1.54, 1.807) is 0 Å². The maximum atomic E-state index is 3.73. The highest BCUT2D eigenvalue weighted by atomic mass is 14.3. The van der Waals surface area contributed by atoms with Gasteiger partial charge >= 0.3 is 0 Å². The lowest BCUT2D eigenvalue weighted by atomic mass is 9.73. The summed E-state index contributed by atoms with van der Waals surface area (Å²) in [5, 5.41) is 0. The fourth-order valence-corrected chi connectivity index (χ4v) is 1.76. The average Bonchev–Trinajstić information content (AvgIpc) is 2.22. The van der Waals surface area contributed by atoms with Crippen LogP contribution in [0.5, 0.6) is 0 Å². The smallest absolute Gasteiger partial charge is 0.0120 e. The summed E-state index contributed by atoms with van der Waals surface area (Å²) in [6, 6.07) is 0. The normalized spacial score (nSPS) is 18.0. The van der Waals surface area contributed by atoms with Crippen molar-refractivity contribution in [3.05, 3.63) is 24.8 Å². The topological polar surface area (TPSA) is 0 Å². The third-order valence-electron chi connectivity index (χ3n) is 3.49. The average molecular weight is 194 g/mol. The van der Waals surface area contributed by atoms with Gasteiger partial charge in [0.1, 0.15) is 0 Å². The van der Waals surface area contributed by atoms with Crippen LogP contribution < -0.4 is 0 Å². The number of unbranched alkanes of at least 4 members (excludes halogenated alkanes) is 1. The first-order valence-corrected chi connectivity index (χ1v) is 5.91. The summed E-state index contributed by atoms with van der Waals surface area (Å²) >= 11 is 0. The van der Waals surface area contributed by atoms with Gasteiger partial charge in [0.2, 0.25) is 0 Å². The molecule has 0 nitrogen and oxygen atoms in total. The minimum absolute atomic E-state index is 0.351. The fraction of sp³-hybridized carbons (Fsp3) is 0.714. The van der Waals surface area contributed by atoms with Crippen LogP contribution in [-0.2, 0) is 0 Å². The Morgan fingerprint density at radius 3 is 2.43 bits per heavy atom. The quantitative estimate of drug-likeness (QED) is 0.502. The Labute approximate surface area is 90.1 Å². The highest BCUT2D eigenvalue weighted by Crippen LogP contribution is 2.35. The van der Waals surface area contributed by atoms with E-state index >= 15 is 0 Å². The molecule has 0 aliphatic carbocycles. The summed E-state index contributed by atoms with van der Waals surface area (Å²) in [4.78, 5) is 0. The minimum atomic E-state index is 0.351. The summed E-state index contributed by atoms with van der Waals surface area (Å²) < 4.78 is 0. The zero-order chi connectivity index (χ0) is 11.0. The van der Waals surface area contributed by atoms with Gasteiger partial charge in [0.05, 0.1) is 0 Å². The van der Waals surface area contributed by atoms with Crippen LogP contribution in [0, 0.1) is 11.3 Å². The van der Waals surface area contributed by atoms with Crippen LogP contribution >= 0.6 is 0 Å². The van der Waals surface area contributed by atoms with Gasteiger partial charge in [0.25, 0.3) is 0 Å². The van der Waals surface area contributed by atoms with Crippen molar-refractivity contribution in [1.29, 1.82) is 0 Å². The Morgan fingerprint density at radius 2 is 2.00 bits per heavy atom. The lowest BCUT2D eigenvalue weighted by Crippen LogP contribution is -2.22. The fourth-order valence-electron chi connectivity index (χ4n) is 1.76. The Balaban J connectivity index is 4.33. The lowest BCUT2D eigenvalue weighted by Gasteiger charge is -2.32. The van der Waals surface area contributed by atoms with Crippen LogP contribution in [-0.4, -0.2) is 0 Å². The maximum absolute atomic E-state index is 3.73. The van der Waals surface area contributed by atoms with E-state index in [-0.39, 0.29) is 0 Å². The van der Waals surface area contributed by atoms with Gasteiger partial charge in [-0.05, 0) is 24.2 Å². The molecule has 2 atom stereocenters. The highest BCUT2D eigenvalue weighted by Gasteiger charge is 2.25. The first-order chi connectivity index (χ1) is 6.60. The maximum Gasteiger partial charge on any atom is -0.0120 e. The third-order valence-corrected chi connectivity index (χ3v) is 3.49. The highest BCUT2D eigenvalue weighted by molar-refractivity contribution is 5.06. The van der Waals surface area contributed by atoms with E-state index in [0.717, 1.165) is 5.92 Å². The minimum Gasteiger partial charge on any atom is -0.0991 e. The molecule has 0 saturated carbocycles. The molecule has 0 spiro atoms. The van der Waals surface area contributed by atoms with Gasteiger partial charge in [-0.1, -0.05) is 65.3 Å². The number of hydrogen-bond donors (Lipinski definition) is 0. The molecule has 0 radical (unpaired) electrons. The van der Waals surface area contributed by atoms with E-state index < -0.39 is 0 Å². The largest absolute Gasteiger partial charge is 0.0991 e. The van der Waals surface area contributed by atoms with Crippen LogP contribution in [0.3, 0.4) is 0 Å². The van der Waals surface area contributed by atoms with Gasteiger partial charge in [-0.15, -0.1) is 0 Å². The van der Waals surface area contributed by atoms with Crippen LogP contribution in [0.15, 0.2) is 24.8 Å². The van der Waals surface area contributed by atoms with Gasteiger partial charge < -0.3 is 0 Å². The summed E-state index contributed by atoms with van der Waals surface area (Å²) in [6.07, 6.45) is 11.5. The van der Waals surface area contributed by atoms with Gasteiger partial charge in [0.15, 0.2) is 0 Å². The van der Waals surface area contributed by atoms with Crippen molar-refractivity contribution in [2.75, 3.05) is 0 Å². The molecule has 0 N–H and O–H groups in total. The Bertz CT molecular complexity index is 178. The Kier molecular flexibility index (Phi) is 6.61. The molecule has 0 rings (SSSR count). The molecule has 0 aliphatic heterocycles. The predicted octanol–water partition coefficient (Wildman–Crippen LogP) is 4.97. The zero-order valence-electron chi connectivity index (χ0n) is 10.3. The second-order valence-electron chi connectivity index (χ2n) is 4.50. The van der Waals surface area contributed by atoms with Crippen LogP contribution in [0.2, 0.25) is 0 Å². The van der Waals surface area contributed by atoms with Crippen LogP contribution in [0.4, 0.5) is 0 Å². The van der Waals surface area contributed by atoms with E-state index in [2.05, 4.69) is 46.4 Å². The van der Waals surface area contributed by atoms with Crippen molar-refractivity contribution in [1.82, 2.24) is 0 Å². The monoisotopic (exact) mass is 194 g/mol. The second kappa shape index (κ2) is 6.86. The summed E-state index contributed by atoms with van der Waals surface area (Å²) in [7, 11) is 0. The molecule has 14 heavy (non-hydrogen) atoms. The SMILES string of the molecule is C=CC=CC(C)(CC)C(C)CCCC. The van der Waals surface area contributed by atoms with Gasteiger partial charge in [-0.3, -0.25) is 0 Å². The molecule has 0 amide bonds. The molecule has 0 heterocycles. The van der Waals surface area contributed by atoms with Crippen molar-refractivity contribution in [3.63, 3.8) is 0 Å². The van der Waals surface area contributed by atoms with E-state index in [1.807, 2.05) is 6.08 Å². The second-order valence-corrected chi connectivity index (χ2v) is 4.50. The van der Waals surface area contributed by atoms with Gasteiger partial charge in [-0.25, -0.2) is 0 Å². The Hall–Kier alpha value is -0.520. The van der Waals surface area contributed by atoms with Crippen LogP contribution in [0.25, 0.3) is 0 Å². The number of allylic oxidation sites excluding steroid dienone is 3. The molecular weight excluding hydrogens is 168 g/mol. The van der Waals surface area contributed by atoms with Gasteiger partial charge in [0, 0.05) is 0 Å². The molecule has 0 fully saturated rings. The van der Waals surface area contributed by atoms with Crippen molar-refractivity contribution in [3.8, 4) is 0 Å². The van der Waals surface area contributed by atoms with E-state index in [4.69, 9.17) is 0 Å². The molecule has 0 aromatic heterocycles. The predicted molar refractivity (Wildman–Crippen MR) is 66.4 cm³/mol. The molecule has 2 unspecified atom stereocenters. The molecular formula is C14H26. The molecule has 0 saturated heterocycles. The first-order valence-electron chi connectivity index (χ1n) is 5.91. The number of hydrogen-bond acceptors (Lipinski definition) is 0. The van der Waals surface area contributed by atoms with Crippen molar-refractivity contribution >= 4 is 0 Å². The Morgan fingerprint density at radius 1 is 1.36 bits per heavy atom.